The normalized spacial score (nSPS) is 10.5. The van der Waals surface area contributed by atoms with Crippen molar-refractivity contribution in [3.05, 3.63) is 60.7 Å². The highest BCUT2D eigenvalue weighted by Gasteiger charge is 2.17. The number of benzene rings is 2. The van der Waals surface area contributed by atoms with Crippen molar-refractivity contribution in [2.75, 3.05) is 12.9 Å². The number of esters is 1. The van der Waals surface area contributed by atoms with Crippen molar-refractivity contribution in [2.45, 2.75) is 11.6 Å². The van der Waals surface area contributed by atoms with E-state index in [9.17, 15) is 4.79 Å². The third kappa shape index (κ3) is 3.86. The van der Waals surface area contributed by atoms with Crippen molar-refractivity contribution in [1.82, 2.24) is 4.98 Å². The highest BCUT2D eigenvalue weighted by molar-refractivity contribution is 7.99. The smallest absolute Gasteiger partial charge is 0.306 e. The zero-order valence-electron chi connectivity index (χ0n) is 13.3. The van der Waals surface area contributed by atoms with Crippen LogP contribution < -0.4 is 0 Å². The molecular formula is C19H17NO3S. The Morgan fingerprint density at radius 2 is 1.67 bits per heavy atom. The molecule has 0 amide bonds. The van der Waals surface area contributed by atoms with Crippen LogP contribution in [0.1, 0.15) is 6.42 Å². The second-order valence-electron chi connectivity index (χ2n) is 5.06. The number of rotatable bonds is 6. The van der Waals surface area contributed by atoms with Crippen molar-refractivity contribution >= 4 is 17.7 Å². The van der Waals surface area contributed by atoms with Crippen LogP contribution in [0.3, 0.4) is 0 Å². The maximum absolute atomic E-state index is 11.2. The lowest BCUT2D eigenvalue weighted by Gasteiger charge is -2.00. The van der Waals surface area contributed by atoms with Gasteiger partial charge in [-0.2, -0.15) is 0 Å². The number of nitrogens with zero attached hydrogens (tertiary/aromatic N) is 1. The van der Waals surface area contributed by atoms with E-state index in [4.69, 9.17) is 4.42 Å². The molecule has 0 unspecified atom stereocenters. The van der Waals surface area contributed by atoms with Gasteiger partial charge in [0.15, 0.2) is 5.76 Å². The molecule has 0 aliphatic rings. The van der Waals surface area contributed by atoms with E-state index in [1.54, 1.807) is 0 Å². The first kappa shape index (κ1) is 16.3. The summed E-state index contributed by atoms with van der Waals surface area (Å²) in [6.07, 6.45) is 0.324. The van der Waals surface area contributed by atoms with Gasteiger partial charge in [0.05, 0.1) is 13.5 Å². The molecule has 122 valence electrons. The van der Waals surface area contributed by atoms with Gasteiger partial charge in [0.2, 0.25) is 0 Å². The molecule has 0 atom stereocenters. The van der Waals surface area contributed by atoms with Crippen molar-refractivity contribution in [1.29, 1.82) is 0 Å². The molecule has 0 spiro atoms. The number of methoxy groups -OCH3 is 1. The van der Waals surface area contributed by atoms with Crippen LogP contribution >= 0.6 is 11.8 Å². The van der Waals surface area contributed by atoms with Gasteiger partial charge in [0.25, 0.3) is 5.22 Å². The Bertz CT molecular complexity index is 743. The first-order chi connectivity index (χ1) is 11.8. The van der Waals surface area contributed by atoms with Crippen molar-refractivity contribution < 1.29 is 13.9 Å². The summed E-state index contributed by atoms with van der Waals surface area (Å²) < 4.78 is 10.6. The lowest BCUT2D eigenvalue weighted by molar-refractivity contribution is -0.140. The molecule has 0 saturated carbocycles. The predicted molar refractivity (Wildman–Crippen MR) is 94.7 cm³/mol. The number of ether oxygens (including phenoxy) is 1. The quantitative estimate of drug-likeness (QED) is 0.483. The number of thioether (sulfide) groups is 1. The van der Waals surface area contributed by atoms with Crippen LogP contribution in [0.15, 0.2) is 70.3 Å². The number of hydrogen-bond acceptors (Lipinski definition) is 5. The molecule has 0 N–H and O–H groups in total. The highest BCUT2D eigenvalue weighted by atomic mass is 32.2. The molecule has 0 fully saturated rings. The SMILES string of the molecule is COC(=O)CCSc1nc(-c2ccccc2)c(-c2ccccc2)o1. The topological polar surface area (TPSA) is 52.3 Å². The first-order valence-electron chi connectivity index (χ1n) is 7.59. The van der Waals surface area contributed by atoms with Gasteiger partial charge in [-0.1, -0.05) is 72.4 Å². The Kier molecular flexibility index (Phi) is 5.33. The van der Waals surface area contributed by atoms with Gasteiger partial charge in [0, 0.05) is 16.9 Å². The second-order valence-corrected chi connectivity index (χ2v) is 6.11. The van der Waals surface area contributed by atoms with E-state index < -0.39 is 0 Å². The third-order valence-corrected chi connectivity index (χ3v) is 4.28. The second kappa shape index (κ2) is 7.84. The summed E-state index contributed by atoms with van der Waals surface area (Å²) in [6.45, 7) is 0. The van der Waals surface area contributed by atoms with Crippen LogP contribution in [0.25, 0.3) is 22.6 Å². The van der Waals surface area contributed by atoms with E-state index in [1.807, 2.05) is 60.7 Å². The van der Waals surface area contributed by atoms with Gasteiger partial charge >= 0.3 is 5.97 Å². The zero-order chi connectivity index (χ0) is 16.8. The van der Waals surface area contributed by atoms with Crippen LogP contribution in [0.5, 0.6) is 0 Å². The van der Waals surface area contributed by atoms with Crippen molar-refractivity contribution in [3.8, 4) is 22.6 Å². The van der Waals surface area contributed by atoms with E-state index in [1.165, 1.54) is 18.9 Å². The predicted octanol–water partition coefficient (Wildman–Crippen LogP) is 4.66. The molecule has 0 aliphatic heterocycles. The van der Waals surface area contributed by atoms with Gasteiger partial charge < -0.3 is 9.15 Å². The average molecular weight is 339 g/mol. The molecule has 0 aliphatic carbocycles. The zero-order valence-corrected chi connectivity index (χ0v) is 14.1. The fourth-order valence-corrected chi connectivity index (χ4v) is 3.00. The van der Waals surface area contributed by atoms with E-state index in [0.29, 0.717) is 17.4 Å². The third-order valence-electron chi connectivity index (χ3n) is 3.45. The summed E-state index contributed by atoms with van der Waals surface area (Å²) in [6, 6.07) is 19.8. The minimum atomic E-state index is -0.236. The van der Waals surface area contributed by atoms with E-state index in [-0.39, 0.29) is 5.97 Å². The maximum Gasteiger partial charge on any atom is 0.306 e. The van der Waals surface area contributed by atoms with Crippen LogP contribution in [0.2, 0.25) is 0 Å². The van der Waals surface area contributed by atoms with E-state index >= 15 is 0 Å². The Balaban J connectivity index is 1.90. The average Bonchev–Trinajstić information content (AvgIpc) is 3.07. The first-order valence-corrected chi connectivity index (χ1v) is 8.58. The lowest BCUT2D eigenvalue weighted by atomic mass is 10.1. The van der Waals surface area contributed by atoms with Gasteiger partial charge in [0.1, 0.15) is 5.69 Å². The van der Waals surface area contributed by atoms with Crippen LogP contribution in [-0.4, -0.2) is 23.8 Å². The largest absolute Gasteiger partial charge is 0.469 e. The minimum Gasteiger partial charge on any atom is -0.469 e. The number of oxazole rings is 1. The van der Waals surface area contributed by atoms with Crippen molar-refractivity contribution in [2.24, 2.45) is 0 Å². The molecule has 1 aromatic heterocycles. The fourth-order valence-electron chi connectivity index (χ4n) is 2.26. The Labute approximate surface area is 144 Å². The van der Waals surface area contributed by atoms with Crippen molar-refractivity contribution in [3.63, 3.8) is 0 Å². The van der Waals surface area contributed by atoms with Gasteiger partial charge in [-0.3, -0.25) is 4.79 Å². The summed E-state index contributed by atoms with van der Waals surface area (Å²) in [7, 11) is 1.39. The summed E-state index contributed by atoms with van der Waals surface area (Å²) in [5.74, 6) is 1.07. The standard InChI is InChI=1S/C19H17NO3S/c1-22-16(21)12-13-24-19-20-17(14-8-4-2-5-9-14)18(23-19)15-10-6-3-7-11-15/h2-11H,12-13H2,1H3. The molecule has 3 rings (SSSR count). The molecule has 2 aromatic carbocycles. The number of carbonyl (C=O) groups is 1. The Morgan fingerprint density at radius 1 is 1.04 bits per heavy atom. The van der Waals surface area contributed by atoms with Gasteiger partial charge in [-0.15, -0.1) is 0 Å². The molecule has 1 heterocycles. The minimum absolute atomic E-state index is 0.236. The number of carbonyl (C=O) groups excluding carboxylic acids is 1. The van der Waals surface area contributed by atoms with Gasteiger partial charge in [-0.25, -0.2) is 4.98 Å². The molecule has 0 bridgehead atoms. The lowest BCUT2D eigenvalue weighted by Crippen LogP contribution is -2.00. The van der Waals surface area contributed by atoms with Crippen LogP contribution in [0, 0.1) is 0 Å². The van der Waals surface area contributed by atoms with E-state index in [0.717, 1.165) is 22.6 Å². The summed E-state index contributed by atoms with van der Waals surface area (Å²) in [5, 5.41) is 0.552. The fraction of sp³-hybridized carbons (Fsp3) is 0.158. The molecular weight excluding hydrogens is 322 g/mol. The Morgan fingerprint density at radius 3 is 2.29 bits per heavy atom. The highest BCUT2D eigenvalue weighted by Crippen LogP contribution is 2.35. The molecule has 3 aromatic rings. The molecule has 4 nitrogen and oxygen atoms in total. The molecule has 0 saturated heterocycles. The van der Waals surface area contributed by atoms with Crippen LogP contribution in [0.4, 0.5) is 0 Å². The summed E-state index contributed by atoms with van der Waals surface area (Å²) >= 11 is 1.41. The molecule has 24 heavy (non-hydrogen) atoms. The molecule has 0 radical (unpaired) electrons. The van der Waals surface area contributed by atoms with E-state index in [2.05, 4.69) is 9.72 Å². The number of hydrogen-bond donors (Lipinski definition) is 0. The number of aromatic nitrogens is 1. The summed E-state index contributed by atoms with van der Waals surface area (Å²) in [5.41, 5.74) is 2.78. The molecule has 5 heteroatoms. The maximum atomic E-state index is 11.2. The Hall–Kier alpha value is -2.53. The van der Waals surface area contributed by atoms with Gasteiger partial charge in [-0.05, 0) is 0 Å². The monoisotopic (exact) mass is 339 g/mol. The van der Waals surface area contributed by atoms with Crippen LogP contribution in [-0.2, 0) is 9.53 Å². The summed E-state index contributed by atoms with van der Waals surface area (Å²) in [4.78, 5) is 15.9.